The smallest absolute Gasteiger partial charge is 0.262 e. The molecule has 1 aromatic carbocycles. The Hall–Kier alpha value is -2.57. The molecule has 0 radical (unpaired) electrons. The molecule has 25 heavy (non-hydrogen) atoms. The van der Waals surface area contributed by atoms with Crippen LogP contribution in [0.1, 0.15) is 29.6 Å². The van der Waals surface area contributed by atoms with E-state index in [1.807, 2.05) is 7.05 Å². The number of amides is 3. The zero-order valence-corrected chi connectivity index (χ0v) is 14.2. The maximum atomic E-state index is 12.9. The van der Waals surface area contributed by atoms with Gasteiger partial charge in [0, 0.05) is 32.2 Å². The standard InChI is InChI=1S/C18H21N3O4/c1-20-7-2-5-18(17(20)24)6-8-21(11-18)16(23)12-3-4-13-14(9-12)25-10-15(22)19-13/h3-4,9H,2,5-8,10-11H2,1H3,(H,19,22). The van der Waals surface area contributed by atoms with Crippen molar-refractivity contribution in [2.45, 2.75) is 19.3 Å². The minimum Gasteiger partial charge on any atom is -0.482 e. The minimum absolute atomic E-state index is 0.0433. The van der Waals surface area contributed by atoms with Gasteiger partial charge in [-0.1, -0.05) is 0 Å². The van der Waals surface area contributed by atoms with Crippen molar-refractivity contribution < 1.29 is 19.1 Å². The molecule has 3 aliphatic heterocycles. The highest BCUT2D eigenvalue weighted by molar-refractivity contribution is 5.99. The Morgan fingerprint density at radius 1 is 1.24 bits per heavy atom. The number of benzene rings is 1. The lowest BCUT2D eigenvalue weighted by molar-refractivity contribution is -0.143. The van der Waals surface area contributed by atoms with Crippen LogP contribution in [0.2, 0.25) is 0 Å². The maximum Gasteiger partial charge on any atom is 0.262 e. The van der Waals surface area contributed by atoms with Gasteiger partial charge >= 0.3 is 0 Å². The number of hydrogen-bond donors (Lipinski definition) is 1. The molecular weight excluding hydrogens is 322 g/mol. The van der Waals surface area contributed by atoms with Crippen molar-refractivity contribution in [3.05, 3.63) is 23.8 Å². The Labute approximate surface area is 145 Å². The predicted octanol–water partition coefficient (Wildman–Crippen LogP) is 1.10. The van der Waals surface area contributed by atoms with Gasteiger partial charge in [-0.05, 0) is 37.5 Å². The quantitative estimate of drug-likeness (QED) is 0.828. The Morgan fingerprint density at radius 3 is 2.92 bits per heavy atom. The number of anilines is 1. The average Bonchev–Trinajstić information content (AvgIpc) is 3.03. The lowest BCUT2D eigenvalue weighted by Crippen LogP contribution is -2.48. The first-order valence-corrected chi connectivity index (χ1v) is 8.60. The third-order valence-corrected chi connectivity index (χ3v) is 5.45. The van der Waals surface area contributed by atoms with Crippen molar-refractivity contribution in [2.24, 2.45) is 5.41 Å². The van der Waals surface area contributed by atoms with E-state index in [0.717, 1.165) is 25.8 Å². The van der Waals surface area contributed by atoms with Crippen LogP contribution in [0.4, 0.5) is 5.69 Å². The van der Waals surface area contributed by atoms with Gasteiger partial charge in [0.1, 0.15) is 5.75 Å². The SMILES string of the molecule is CN1CCCC2(CCN(C(=O)c3ccc4c(c3)OCC(=O)N4)C2)C1=O. The van der Waals surface area contributed by atoms with Gasteiger partial charge in [0.25, 0.3) is 11.8 Å². The van der Waals surface area contributed by atoms with Crippen molar-refractivity contribution in [3.8, 4) is 5.75 Å². The summed E-state index contributed by atoms with van der Waals surface area (Å²) in [5, 5.41) is 2.71. The van der Waals surface area contributed by atoms with E-state index in [0.29, 0.717) is 30.1 Å². The first kappa shape index (κ1) is 15.9. The number of nitrogens with zero attached hydrogens (tertiary/aromatic N) is 2. The van der Waals surface area contributed by atoms with Crippen LogP contribution in [0, 0.1) is 5.41 Å². The second-order valence-corrected chi connectivity index (χ2v) is 7.14. The average molecular weight is 343 g/mol. The van der Waals surface area contributed by atoms with Crippen molar-refractivity contribution in [1.29, 1.82) is 0 Å². The molecule has 1 unspecified atom stereocenters. The summed E-state index contributed by atoms with van der Waals surface area (Å²) in [7, 11) is 1.84. The van der Waals surface area contributed by atoms with Gasteiger partial charge in [-0.25, -0.2) is 0 Å². The summed E-state index contributed by atoms with van der Waals surface area (Å²) in [5.41, 5.74) is 0.680. The molecule has 1 atom stereocenters. The van der Waals surface area contributed by atoms with E-state index in [9.17, 15) is 14.4 Å². The third-order valence-electron chi connectivity index (χ3n) is 5.45. The highest BCUT2D eigenvalue weighted by atomic mass is 16.5. The molecule has 1 aromatic rings. The zero-order chi connectivity index (χ0) is 17.6. The van der Waals surface area contributed by atoms with E-state index in [2.05, 4.69) is 5.32 Å². The molecule has 132 valence electrons. The number of ether oxygens (including phenoxy) is 1. The Kier molecular flexibility index (Phi) is 3.67. The van der Waals surface area contributed by atoms with Gasteiger partial charge < -0.3 is 19.9 Å². The Morgan fingerprint density at radius 2 is 2.08 bits per heavy atom. The molecule has 3 heterocycles. The summed E-state index contributed by atoms with van der Waals surface area (Å²) in [6.07, 6.45) is 2.55. The predicted molar refractivity (Wildman–Crippen MR) is 90.4 cm³/mol. The van der Waals surface area contributed by atoms with Gasteiger partial charge in [-0.3, -0.25) is 14.4 Å². The summed E-state index contributed by atoms with van der Waals surface area (Å²) in [6.45, 7) is 1.82. The highest BCUT2D eigenvalue weighted by Crippen LogP contribution is 2.40. The third kappa shape index (κ3) is 2.63. The van der Waals surface area contributed by atoms with Crippen LogP contribution in [0.5, 0.6) is 5.75 Å². The van der Waals surface area contributed by atoms with Gasteiger partial charge in [0.05, 0.1) is 11.1 Å². The van der Waals surface area contributed by atoms with E-state index >= 15 is 0 Å². The van der Waals surface area contributed by atoms with Crippen molar-refractivity contribution >= 4 is 23.4 Å². The van der Waals surface area contributed by atoms with E-state index in [1.165, 1.54) is 0 Å². The Balaban J connectivity index is 1.52. The summed E-state index contributed by atoms with van der Waals surface area (Å²) >= 11 is 0. The molecule has 1 N–H and O–H groups in total. The molecule has 2 fully saturated rings. The molecule has 1 spiro atoms. The first-order chi connectivity index (χ1) is 12.0. The minimum atomic E-state index is -0.415. The number of hydrogen-bond acceptors (Lipinski definition) is 4. The van der Waals surface area contributed by atoms with Gasteiger partial charge in [0.15, 0.2) is 6.61 Å². The van der Waals surface area contributed by atoms with Crippen LogP contribution in [0.15, 0.2) is 18.2 Å². The summed E-state index contributed by atoms with van der Waals surface area (Å²) < 4.78 is 5.39. The number of fused-ring (bicyclic) bond motifs is 1. The number of carbonyl (C=O) groups is 3. The normalized spacial score (nSPS) is 25.6. The number of rotatable bonds is 1. The van der Waals surface area contributed by atoms with Crippen molar-refractivity contribution in [1.82, 2.24) is 9.80 Å². The molecule has 0 saturated carbocycles. The fourth-order valence-corrected chi connectivity index (χ4v) is 4.08. The largest absolute Gasteiger partial charge is 0.482 e. The zero-order valence-electron chi connectivity index (χ0n) is 14.2. The molecule has 4 rings (SSSR count). The molecule has 0 aromatic heterocycles. The monoisotopic (exact) mass is 343 g/mol. The first-order valence-electron chi connectivity index (χ1n) is 8.60. The molecule has 7 heteroatoms. The summed E-state index contributed by atoms with van der Waals surface area (Å²) in [4.78, 5) is 40.4. The van der Waals surface area contributed by atoms with Crippen LogP contribution < -0.4 is 10.1 Å². The van der Waals surface area contributed by atoms with Crippen molar-refractivity contribution in [3.63, 3.8) is 0 Å². The number of carbonyl (C=O) groups excluding carboxylic acids is 3. The number of piperidine rings is 1. The summed E-state index contributed by atoms with van der Waals surface area (Å²) in [6, 6.07) is 5.04. The van der Waals surface area contributed by atoms with Crippen LogP contribution in [0.25, 0.3) is 0 Å². The highest BCUT2D eigenvalue weighted by Gasteiger charge is 2.48. The topological polar surface area (TPSA) is 79.0 Å². The van der Waals surface area contributed by atoms with Crippen LogP contribution in [-0.4, -0.2) is 60.8 Å². The molecule has 3 amide bonds. The molecule has 3 aliphatic rings. The van der Waals surface area contributed by atoms with Crippen LogP contribution >= 0.6 is 0 Å². The van der Waals surface area contributed by atoms with Crippen molar-refractivity contribution in [2.75, 3.05) is 38.6 Å². The molecular formula is C18H21N3O4. The molecule has 0 aliphatic carbocycles. The van der Waals surface area contributed by atoms with E-state index in [-0.39, 0.29) is 24.3 Å². The lowest BCUT2D eigenvalue weighted by Gasteiger charge is -2.37. The van der Waals surface area contributed by atoms with E-state index in [1.54, 1.807) is 28.0 Å². The second-order valence-electron chi connectivity index (χ2n) is 7.14. The van der Waals surface area contributed by atoms with E-state index in [4.69, 9.17) is 4.74 Å². The number of likely N-dealkylation sites (tertiary alicyclic amines) is 2. The fraction of sp³-hybridized carbons (Fsp3) is 0.500. The van der Waals surface area contributed by atoms with Gasteiger partial charge in [-0.15, -0.1) is 0 Å². The summed E-state index contributed by atoms with van der Waals surface area (Å²) in [5.74, 6) is 0.368. The Bertz CT molecular complexity index is 763. The molecule has 0 bridgehead atoms. The maximum absolute atomic E-state index is 12.9. The fourth-order valence-electron chi connectivity index (χ4n) is 4.08. The van der Waals surface area contributed by atoms with Crippen LogP contribution in [0.3, 0.4) is 0 Å². The number of nitrogens with one attached hydrogen (secondary N) is 1. The van der Waals surface area contributed by atoms with Gasteiger partial charge in [-0.2, -0.15) is 0 Å². The molecule has 2 saturated heterocycles. The van der Waals surface area contributed by atoms with Crippen LogP contribution in [-0.2, 0) is 9.59 Å². The van der Waals surface area contributed by atoms with E-state index < -0.39 is 5.41 Å². The second kappa shape index (κ2) is 5.75. The molecule has 7 nitrogen and oxygen atoms in total. The lowest BCUT2D eigenvalue weighted by atomic mass is 9.78. The van der Waals surface area contributed by atoms with Gasteiger partial charge in [0.2, 0.25) is 5.91 Å².